The van der Waals surface area contributed by atoms with Gasteiger partial charge in [-0.3, -0.25) is 9.13 Å². The van der Waals surface area contributed by atoms with Crippen molar-refractivity contribution >= 4 is 31.1 Å². The van der Waals surface area contributed by atoms with Crippen LogP contribution in [0, 0.1) is 0 Å². The number of nitrogens with zero attached hydrogens (tertiary/aromatic N) is 2. The minimum absolute atomic E-state index is 0.0368. The fraction of sp³-hybridized carbons (Fsp3) is 0.400. The van der Waals surface area contributed by atoms with E-state index < -0.39 is 20.6 Å². The molecular formula is C25H33BrN2O7P2. The summed E-state index contributed by atoms with van der Waals surface area (Å²) < 4.78 is 53.3. The summed E-state index contributed by atoms with van der Waals surface area (Å²) >= 11 is 3.45. The van der Waals surface area contributed by atoms with Crippen molar-refractivity contribution in [3.05, 3.63) is 64.8 Å². The second-order valence-electron chi connectivity index (χ2n) is 7.86. The van der Waals surface area contributed by atoms with Crippen molar-refractivity contribution in [1.29, 1.82) is 0 Å². The highest BCUT2D eigenvalue weighted by Gasteiger charge is 2.51. The molecule has 0 aliphatic rings. The number of hydrogen-bond donors (Lipinski definition) is 1. The molecule has 0 bridgehead atoms. The van der Waals surface area contributed by atoms with Gasteiger partial charge < -0.3 is 23.2 Å². The maximum Gasteiger partial charge on any atom is 0.346 e. The van der Waals surface area contributed by atoms with E-state index in [9.17, 15) is 14.2 Å². The average molecular weight is 615 g/mol. The zero-order valence-electron chi connectivity index (χ0n) is 21.4. The van der Waals surface area contributed by atoms with E-state index in [0.29, 0.717) is 16.8 Å². The lowest BCUT2D eigenvalue weighted by Gasteiger charge is -2.31. The Morgan fingerprint density at radius 2 is 1.38 bits per heavy atom. The highest BCUT2D eigenvalue weighted by atomic mass is 79.9. The molecule has 1 heterocycles. The van der Waals surface area contributed by atoms with Gasteiger partial charge in [-0.2, -0.15) is 5.10 Å². The Labute approximate surface area is 226 Å². The summed E-state index contributed by atoms with van der Waals surface area (Å²) in [6.45, 7) is 7.07. The predicted molar refractivity (Wildman–Crippen MR) is 148 cm³/mol. The van der Waals surface area contributed by atoms with Crippen molar-refractivity contribution < 1.29 is 32.3 Å². The molecule has 0 atom stereocenters. The van der Waals surface area contributed by atoms with Crippen LogP contribution in [0.3, 0.4) is 0 Å². The molecule has 9 nitrogen and oxygen atoms in total. The van der Waals surface area contributed by atoms with Gasteiger partial charge in [-0.15, -0.1) is 0 Å². The van der Waals surface area contributed by atoms with Crippen LogP contribution in [-0.4, -0.2) is 46.7 Å². The molecule has 3 rings (SSSR count). The molecule has 37 heavy (non-hydrogen) atoms. The highest BCUT2D eigenvalue weighted by molar-refractivity contribution is 9.10. The highest BCUT2D eigenvalue weighted by Crippen LogP contribution is 2.71. The van der Waals surface area contributed by atoms with Gasteiger partial charge in [0.1, 0.15) is 5.75 Å². The molecule has 0 aliphatic heterocycles. The second kappa shape index (κ2) is 13.3. The van der Waals surface area contributed by atoms with Gasteiger partial charge in [0.25, 0.3) is 0 Å². The largest absolute Gasteiger partial charge is 0.507 e. The Balaban J connectivity index is 2.25. The summed E-state index contributed by atoms with van der Waals surface area (Å²) in [7, 11) is -7.97. The molecule has 0 amide bonds. The minimum Gasteiger partial charge on any atom is -0.507 e. The topological polar surface area (TPSA) is 109 Å². The molecule has 12 heteroatoms. The summed E-state index contributed by atoms with van der Waals surface area (Å²) in [5.41, 5.74) is 2.35. The molecule has 0 saturated carbocycles. The van der Waals surface area contributed by atoms with Crippen LogP contribution in [0.4, 0.5) is 0 Å². The number of rotatable bonds is 14. The van der Waals surface area contributed by atoms with E-state index >= 15 is 0 Å². The number of hydrogen-bond acceptors (Lipinski definition) is 8. The van der Waals surface area contributed by atoms with Crippen LogP contribution in [0.5, 0.6) is 5.75 Å². The Morgan fingerprint density at radius 3 is 1.86 bits per heavy atom. The number of para-hydroxylation sites is 1. The molecule has 0 spiro atoms. The standard InChI is InChI=1S/C25H33BrN2O7P2/c1-5-32-36(30,33-6-2)24(37(31,34-7-3)35-8-4)17-19-18-27-28(21-15-13-20(26)14-16-21)25(19)22-11-9-10-12-23(22)29/h9-16,18,24,29H,5-8,17H2,1-4H3. The lowest BCUT2D eigenvalue weighted by molar-refractivity contribution is 0.195. The van der Waals surface area contributed by atoms with Gasteiger partial charge >= 0.3 is 15.2 Å². The molecule has 0 saturated heterocycles. The molecule has 0 fully saturated rings. The normalized spacial score (nSPS) is 12.4. The Kier molecular flexibility index (Phi) is 10.7. The molecule has 202 valence electrons. The average Bonchev–Trinajstić information content (AvgIpc) is 3.27. The number of phenolic OH excluding ortho intramolecular Hbond substituents is 1. The third-order valence-electron chi connectivity index (χ3n) is 5.44. The SMILES string of the molecule is CCOP(=O)(OCC)C(Cc1cnn(-c2ccc(Br)cc2)c1-c1ccccc1O)P(=O)(OCC)OCC. The Morgan fingerprint density at radius 1 is 0.865 bits per heavy atom. The fourth-order valence-electron chi connectivity index (χ4n) is 4.00. The van der Waals surface area contributed by atoms with E-state index in [1.165, 1.54) is 0 Å². The van der Waals surface area contributed by atoms with Crippen molar-refractivity contribution in [2.24, 2.45) is 0 Å². The number of aromatic hydroxyl groups is 1. The molecule has 0 radical (unpaired) electrons. The minimum atomic E-state index is -3.99. The van der Waals surface area contributed by atoms with Gasteiger partial charge in [0.2, 0.25) is 0 Å². The fourth-order valence-corrected chi connectivity index (χ4v) is 9.57. The molecule has 3 aromatic rings. The summed E-state index contributed by atoms with van der Waals surface area (Å²) in [6, 6.07) is 14.4. The van der Waals surface area contributed by atoms with Gasteiger partial charge in [-0.1, -0.05) is 28.1 Å². The quantitative estimate of drug-likeness (QED) is 0.187. The predicted octanol–water partition coefficient (Wildman–Crippen LogP) is 7.41. The first-order chi connectivity index (χ1) is 17.7. The first-order valence-electron chi connectivity index (χ1n) is 12.1. The van der Waals surface area contributed by atoms with E-state index in [1.807, 2.05) is 24.3 Å². The number of phenols is 1. The van der Waals surface area contributed by atoms with E-state index in [1.54, 1.807) is 62.8 Å². The van der Waals surface area contributed by atoms with Crippen molar-refractivity contribution in [1.82, 2.24) is 9.78 Å². The molecule has 1 N–H and O–H groups in total. The third-order valence-corrected chi connectivity index (χ3v) is 12.0. The summed E-state index contributed by atoms with van der Waals surface area (Å²) in [6.07, 6.45) is 1.54. The van der Waals surface area contributed by atoms with Crippen LogP contribution < -0.4 is 0 Å². The number of aromatic nitrogens is 2. The van der Waals surface area contributed by atoms with E-state index in [4.69, 9.17) is 18.1 Å². The Hall–Kier alpha value is -1.77. The van der Waals surface area contributed by atoms with E-state index in [0.717, 1.165) is 10.2 Å². The first kappa shape index (κ1) is 29.8. The van der Waals surface area contributed by atoms with Crippen molar-refractivity contribution in [3.63, 3.8) is 0 Å². The third kappa shape index (κ3) is 6.82. The maximum absolute atomic E-state index is 14.1. The number of benzene rings is 2. The van der Waals surface area contributed by atoms with Crippen LogP contribution in [0.1, 0.15) is 33.3 Å². The van der Waals surface area contributed by atoms with Gasteiger partial charge in [-0.25, -0.2) is 4.68 Å². The smallest absolute Gasteiger partial charge is 0.346 e. The summed E-state index contributed by atoms with van der Waals surface area (Å²) in [4.78, 5) is 0. The van der Waals surface area contributed by atoms with Crippen LogP contribution in [-0.2, 0) is 33.6 Å². The van der Waals surface area contributed by atoms with Crippen LogP contribution in [0.25, 0.3) is 16.9 Å². The molecule has 2 aromatic carbocycles. The van der Waals surface area contributed by atoms with Crippen molar-refractivity contribution in [2.75, 3.05) is 26.4 Å². The van der Waals surface area contributed by atoms with Crippen molar-refractivity contribution in [3.8, 4) is 22.7 Å². The second-order valence-corrected chi connectivity index (χ2v) is 13.6. The van der Waals surface area contributed by atoms with E-state index in [-0.39, 0.29) is 38.6 Å². The van der Waals surface area contributed by atoms with Gasteiger partial charge in [0.05, 0.1) is 44.0 Å². The molecule has 1 aromatic heterocycles. The Bertz CT molecular complexity index is 1220. The molecular weight excluding hydrogens is 582 g/mol. The summed E-state index contributed by atoms with van der Waals surface area (Å²) in [5, 5.41) is 14.1. The molecule has 0 aliphatic carbocycles. The van der Waals surface area contributed by atoms with Gasteiger partial charge in [0, 0.05) is 22.0 Å². The maximum atomic E-state index is 14.1. The van der Waals surface area contributed by atoms with Gasteiger partial charge in [0.15, 0.2) is 5.40 Å². The monoisotopic (exact) mass is 614 g/mol. The lowest BCUT2D eigenvalue weighted by atomic mass is 10.0. The van der Waals surface area contributed by atoms with Crippen LogP contribution >= 0.6 is 31.1 Å². The van der Waals surface area contributed by atoms with Gasteiger partial charge in [-0.05, 0) is 64.1 Å². The zero-order valence-corrected chi connectivity index (χ0v) is 24.7. The first-order valence-corrected chi connectivity index (χ1v) is 16.1. The lowest BCUT2D eigenvalue weighted by Crippen LogP contribution is -2.20. The van der Waals surface area contributed by atoms with Crippen LogP contribution in [0.2, 0.25) is 0 Å². The van der Waals surface area contributed by atoms with Crippen molar-refractivity contribution in [2.45, 2.75) is 39.5 Å². The van der Waals surface area contributed by atoms with Crippen LogP contribution in [0.15, 0.2) is 59.2 Å². The number of halogens is 1. The summed E-state index contributed by atoms with van der Waals surface area (Å²) in [5.74, 6) is 0.0368. The molecule has 0 unspecified atom stereocenters. The zero-order chi connectivity index (χ0) is 27.1. The van der Waals surface area contributed by atoms with E-state index in [2.05, 4.69) is 21.0 Å².